The first kappa shape index (κ1) is 12.6. The summed E-state index contributed by atoms with van der Waals surface area (Å²) >= 11 is 0. The molecular formula is C12H23N3O2. The van der Waals surface area contributed by atoms with Crippen molar-refractivity contribution in [3.63, 3.8) is 0 Å². The van der Waals surface area contributed by atoms with Gasteiger partial charge in [0.15, 0.2) is 0 Å². The van der Waals surface area contributed by atoms with Gasteiger partial charge < -0.3 is 20.6 Å². The van der Waals surface area contributed by atoms with E-state index in [1.165, 1.54) is 12.8 Å². The number of urea groups is 1. The predicted molar refractivity (Wildman–Crippen MR) is 65.8 cm³/mol. The number of hydrogen-bond donors (Lipinski definition) is 3. The predicted octanol–water partition coefficient (Wildman–Crippen LogP) is 0.152. The Bertz CT molecular complexity index is 260. The van der Waals surface area contributed by atoms with Crippen LogP contribution >= 0.6 is 0 Å². The normalized spacial score (nSPS) is 29.5. The van der Waals surface area contributed by atoms with E-state index in [4.69, 9.17) is 0 Å². The molecule has 98 valence electrons. The summed E-state index contributed by atoms with van der Waals surface area (Å²) in [5.41, 5.74) is 0. The molecule has 5 heteroatoms. The Labute approximate surface area is 103 Å². The van der Waals surface area contributed by atoms with E-state index in [0.717, 1.165) is 39.0 Å². The highest BCUT2D eigenvalue weighted by Gasteiger charge is 2.24. The average molecular weight is 241 g/mol. The van der Waals surface area contributed by atoms with Gasteiger partial charge in [-0.05, 0) is 18.8 Å². The molecule has 0 bridgehead atoms. The Kier molecular flexibility index (Phi) is 4.62. The Morgan fingerprint density at radius 2 is 2.24 bits per heavy atom. The average Bonchev–Trinajstić information content (AvgIpc) is 2.76. The SMILES string of the molecule is O=C1NCCN1CCNC1CCCCC1CO. The van der Waals surface area contributed by atoms with Crippen molar-refractivity contribution in [1.29, 1.82) is 0 Å². The van der Waals surface area contributed by atoms with Crippen LogP contribution in [0.25, 0.3) is 0 Å². The smallest absolute Gasteiger partial charge is 0.317 e. The molecule has 2 amide bonds. The maximum absolute atomic E-state index is 11.3. The number of nitrogens with one attached hydrogen (secondary N) is 2. The van der Waals surface area contributed by atoms with E-state index in [1.807, 2.05) is 4.90 Å². The lowest BCUT2D eigenvalue weighted by Gasteiger charge is -2.31. The molecule has 5 nitrogen and oxygen atoms in total. The zero-order valence-electron chi connectivity index (χ0n) is 10.3. The molecule has 0 aromatic carbocycles. The van der Waals surface area contributed by atoms with E-state index in [0.29, 0.717) is 12.0 Å². The lowest BCUT2D eigenvalue weighted by Crippen LogP contribution is -2.44. The summed E-state index contributed by atoms with van der Waals surface area (Å²) in [6.45, 7) is 3.45. The molecule has 1 aliphatic heterocycles. The second kappa shape index (κ2) is 6.21. The lowest BCUT2D eigenvalue weighted by atomic mass is 9.85. The lowest BCUT2D eigenvalue weighted by molar-refractivity contribution is 0.151. The number of aliphatic hydroxyl groups excluding tert-OH is 1. The van der Waals surface area contributed by atoms with Gasteiger partial charge in [-0.2, -0.15) is 0 Å². The molecule has 0 radical (unpaired) electrons. The molecule has 0 spiro atoms. The van der Waals surface area contributed by atoms with Crippen molar-refractivity contribution < 1.29 is 9.90 Å². The number of carbonyl (C=O) groups excluding carboxylic acids is 1. The van der Waals surface area contributed by atoms with E-state index in [9.17, 15) is 9.90 Å². The van der Waals surface area contributed by atoms with Crippen molar-refractivity contribution in [1.82, 2.24) is 15.5 Å². The standard InChI is InChI=1S/C12H23N3O2/c16-9-10-3-1-2-4-11(10)13-5-7-15-8-6-14-12(15)17/h10-11,13,16H,1-9H2,(H,14,17). The highest BCUT2D eigenvalue weighted by Crippen LogP contribution is 2.23. The molecule has 2 aliphatic rings. The van der Waals surface area contributed by atoms with Gasteiger partial charge in [-0.15, -0.1) is 0 Å². The minimum absolute atomic E-state index is 0.0501. The number of hydrogen-bond acceptors (Lipinski definition) is 3. The molecule has 2 atom stereocenters. The minimum atomic E-state index is 0.0501. The first-order valence-electron chi connectivity index (χ1n) is 6.68. The van der Waals surface area contributed by atoms with Crippen LogP contribution in [0.1, 0.15) is 25.7 Å². The zero-order valence-corrected chi connectivity index (χ0v) is 10.3. The summed E-state index contributed by atoms with van der Waals surface area (Å²) < 4.78 is 0. The highest BCUT2D eigenvalue weighted by atomic mass is 16.3. The van der Waals surface area contributed by atoms with E-state index >= 15 is 0 Å². The van der Waals surface area contributed by atoms with Gasteiger partial charge in [-0.25, -0.2) is 4.79 Å². The summed E-state index contributed by atoms with van der Waals surface area (Å²) in [5.74, 6) is 0.399. The fourth-order valence-corrected chi connectivity index (χ4v) is 2.80. The van der Waals surface area contributed by atoms with Gasteiger partial charge in [0, 0.05) is 38.8 Å². The summed E-state index contributed by atoms with van der Waals surface area (Å²) in [7, 11) is 0. The third-order valence-electron chi connectivity index (χ3n) is 3.88. The maximum Gasteiger partial charge on any atom is 0.317 e. The van der Waals surface area contributed by atoms with Gasteiger partial charge in [0.05, 0.1) is 0 Å². The second-order valence-electron chi connectivity index (χ2n) is 5.01. The Balaban J connectivity index is 1.68. The molecule has 3 N–H and O–H groups in total. The zero-order chi connectivity index (χ0) is 12.1. The third-order valence-corrected chi connectivity index (χ3v) is 3.88. The van der Waals surface area contributed by atoms with Crippen molar-refractivity contribution >= 4 is 6.03 Å². The summed E-state index contributed by atoms with van der Waals surface area (Å²) in [5, 5.41) is 15.6. The Morgan fingerprint density at radius 1 is 1.41 bits per heavy atom. The van der Waals surface area contributed by atoms with Crippen molar-refractivity contribution in [2.24, 2.45) is 5.92 Å². The number of nitrogens with zero attached hydrogens (tertiary/aromatic N) is 1. The molecule has 1 aliphatic carbocycles. The molecule has 0 aromatic rings. The quantitative estimate of drug-likeness (QED) is 0.642. The van der Waals surface area contributed by atoms with E-state index in [2.05, 4.69) is 10.6 Å². The van der Waals surface area contributed by atoms with Crippen LogP contribution in [0.2, 0.25) is 0 Å². The molecule has 1 saturated carbocycles. The maximum atomic E-state index is 11.3. The Hall–Kier alpha value is -0.810. The fraction of sp³-hybridized carbons (Fsp3) is 0.917. The second-order valence-corrected chi connectivity index (χ2v) is 5.01. The number of carbonyl (C=O) groups is 1. The van der Waals surface area contributed by atoms with E-state index in [1.54, 1.807) is 0 Å². The largest absolute Gasteiger partial charge is 0.396 e. The van der Waals surface area contributed by atoms with E-state index in [-0.39, 0.29) is 12.6 Å². The van der Waals surface area contributed by atoms with Crippen LogP contribution in [0.3, 0.4) is 0 Å². The fourth-order valence-electron chi connectivity index (χ4n) is 2.80. The number of aliphatic hydroxyl groups is 1. The van der Waals surface area contributed by atoms with Crippen molar-refractivity contribution in [2.75, 3.05) is 32.8 Å². The van der Waals surface area contributed by atoms with Crippen LogP contribution in [-0.4, -0.2) is 54.9 Å². The molecule has 2 fully saturated rings. The molecular weight excluding hydrogens is 218 g/mol. The molecule has 17 heavy (non-hydrogen) atoms. The molecule has 2 rings (SSSR count). The van der Waals surface area contributed by atoms with Crippen LogP contribution in [0.15, 0.2) is 0 Å². The first-order chi connectivity index (χ1) is 8.31. The summed E-state index contributed by atoms with van der Waals surface area (Å²) in [6, 6.07) is 0.480. The van der Waals surface area contributed by atoms with Crippen LogP contribution in [0.5, 0.6) is 0 Å². The van der Waals surface area contributed by atoms with Crippen LogP contribution in [0.4, 0.5) is 4.79 Å². The van der Waals surface area contributed by atoms with Crippen molar-refractivity contribution in [3.8, 4) is 0 Å². The Morgan fingerprint density at radius 3 is 2.94 bits per heavy atom. The van der Waals surface area contributed by atoms with Gasteiger partial charge >= 0.3 is 6.03 Å². The van der Waals surface area contributed by atoms with Crippen LogP contribution < -0.4 is 10.6 Å². The van der Waals surface area contributed by atoms with Crippen LogP contribution in [-0.2, 0) is 0 Å². The molecule has 2 unspecified atom stereocenters. The third kappa shape index (κ3) is 3.33. The molecule has 0 aromatic heterocycles. The van der Waals surface area contributed by atoms with Gasteiger partial charge in [-0.1, -0.05) is 12.8 Å². The topological polar surface area (TPSA) is 64.6 Å². The number of amides is 2. The monoisotopic (exact) mass is 241 g/mol. The summed E-state index contributed by atoms with van der Waals surface area (Å²) in [6.07, 6.45) is 4.76. The van der Waals surface area contributed by atoms with Gasteiger partial charge in [0.25, 0.3) is 0 Å². The number of rotatable bonds is 5. The van der Waals surface area contributed by atoms with Gasteiger partial charge in [-0.3, -0.25) is 0 Å². The minimum Gasteiger partial charge on any atom is -0.396 e. The molecule has 1 saturated heterocycles. The van der Waals surface area contributed by atoms with Crippen molar-refractivity contribution in [2.45, 2.75) is 31.7 Å². The van der Waals surface area contributed by atoms with Gasteiger partial charge in [0.2, 0.25) is 0 Å². The van der Waals surface area contributed by atoms with Crippen molar-refractivity contribution in [3.05, 3.63) is 0 Å². The first-order valence-corrected chi connectivity index (χ1v) is 6.68. The van der Waals surface area contributed by atoms with Gasteiger partial charge in [0.1, 0.15) is 0 Å². The van der Waals surface area contributed by atoms with Crippen LogP contribution in [0, 0.1) is 5.92 Å². The van der Waals surface area contributed by atoms with E-state index < -0.39 is 0 Å². The summed E-state index contributed by atoms with van der Waals surface area (Å²) in [4.78, 5) is 13.2. The molecule has 1 heterocycles. The highest BCUT2D eigenvalue weighted by molar-refractivity contribution is 5.76.